The van der Waals surface area contributed by atoms with E-state index in [0.29, 0.717) is 16.7 Å². The number of halogens is 1. The van der Waals surface area contributed by atoms with Gasteiger partial charge in [-0.2, -0.15) is 0 Å². The van der Waals surface area contributed by atoms with Crippen molar-refractivity contribution < 1.29 is 9.90 Å². The molecule has 0 saturated heterocycles. The molecular weight excluding hydrogens is 244 g/mol. The van der Waals surface area contributed by atoms with Crippen LogP contribution in [-0.2, 0) is 4.79 Å². The Bertz CT molecular complexity index is 374. The van der Waals surface area contributed by atoms with Gasteiger partial charge in [0.05, 0.1) is 4.47 Å². The number of phenolic OH excluding ortho intramolecular Hbond substituents is 1. The monoisotopic (exact) mass is 254 g/mol. The van der Waals surface area contributed by atoms with Crippen molar-refractivity contribution in [2.75, 3.05) is 0 Å². The average molecular weight is 255 g/mol. The molecule has 14 heavy (non-hydrogen) atoms. The van der Waals surface area contributed by atoms with Crippen LogP contribution in [0.5, 0.6) is 5.75 Å². The topological polar surface area (TPSA) is 37.3 Å². The van der Waals surface area contributed by atoms with Crippen LogP contribution < -0.4 is 0 Å². The lowest BCUT2D eigenvalue weighted by Crippen LogP contribution is -2.03. The van der Waals surface area contributed by atoms with E-state index in [4.69, 9.17) is 0 Å². The zero-order chi connectivity index (χ0) is 10.1. The second kappa shape index (κ2) is 3.73. The summed E-state index contributed by atoms with van der Waals surface area (Å²) >= 11 is 3.22. The van der Waals surface area contributed by atoms with Gasteiger partial charge in [-0.15, -0.1) is 0 Å². The molecule has 0 radical (unpaired) electrons. The molecule has 0 aromatic heterocycles. The van der Waals surface area contributed by atoms with Crippen molar-refractivity contribution in [3.63, 3.8) is 0 Å². The normalized spacial score (nSPS) is 21.5. The van der Waals surface area contributed by atoms with Gasteiger partial charge in [-0.3, -0.25) is 4.79 Å². The molecule has 1 aromatic carbocycles. The number of benzene rings is 1. The maximum absolute atomic E-state index is 11.5. The van der Waals surface area contributed by atoms with E-state index in [-0.39, 0.29) is 11.7 Å². The summed E-state index contributed by atoms with van der Waals surface area (Å²) < 4.78 is 0.673. The van der Waals surface area contributed by atoms with Crippen molar-refractivity contribution in [2.24, 2.45) is 0 Å². The van der Waals surface area contributed by atoms with Crippen LogP contribution in [0.4, 0.5) is 0 Å². The quantitative estimate of drug-likeness (QED) is 0.837. The van der Waals surface area contributed by atoms with Gasteiger partial charge in [0.2, 0.25) is 0 Å². The summed E-state index contributed by atoms with van der Waals surface area (Å²) in [6.07, 6.45) is 2.57. The van der Waals surface area contributed by atoms with E-state index < -0.39 is 0 Å². The van der Waals surface area contributed by atoms with Gasteiger partial charge in [-0.05, 0) is 46.5 Å². The highest BCUT2D eigenvalue weighted by molar-refractivity contribution is 9.10. The van der Waals surface area contributed by atoms with Crippen molar-refractivity contribution in [1.29, 1.82) is 0 Å². The third-order valence-corrected chi connectivity index (χ3v) is 3.35. The summed E-state index contributed by atoms with van der Waals surface area (Å²) in [6, 6.07) is 5.37. The van der Waals surface area contributed by atoms with Gasteiger partial charge in [0, 0.05) is 12.3 Å². The first-order chi connectivity index (χ1) is 6.68. The minimum atomic E-state index is 0.00833. The molecule has 1 aromatic rings. The van der Waals surface area contributed by atoms with Crippen molar-refractivity contribution in [1.82, 2.24) is 0 Å². The Balaban J connectivity index is 2.32. The zero-order valence-corrected chi connectivity index (χ0v) is 9.25. The van der Waals surface area contributed by atoms with Gasteiger partial charge in [0.25, 0.3) is 0 Å². The fourth-order valence-corrected chi connectivity index (χ4v) is 2.16. The maximum atomic E-state index is 11.5. The van der Waals surface area contributed by atoms with E-state index in [0.717, 1.165) is 18.4 Å². The van der Waals surface area contributed by atoms with Crippen LogP contribution in [0.1, 0.15) is 30.7 Å². The molecule has 0 amide bonds. The van der Waals surface area contributed by atoms with Crippen LogP contribution >= 0.6 is 15.9 Å². The number of carbonyl (C=O) groups is 1. The molecule has 74 valence electrons. The second-order valence-corrected chi connectivity index (χ2v) is 4.48. The molecular formula is C11H11BrO2. The zero-order valence-electron chi connectivity index (χ0n) is 7.66. The molecule has 0 bridgehead atoms. The Morgan fingerprint density at radius 1 is 1.43 bits per heavy atom. The first-order valence-corrected chi connectivity index (χ1v) is 5.49. The summed E-state index contributed by atoms with van der Waals surface area (Å²) in [5, 5.41) is 9.49. The highest BCUT2D eigenvalue weighted by Crippen LogP contribution is 2.34. The molecule has 1 unspecified atom stereocenters. The molecule has 0 spiro atoms. The SMILES string of the molecule is O=C1CCCC1c1ccc(Br)c(O)c1. The van der Waals surface area contributed by atoms with Gasteiger partial charge in [0.15, 0.2) is 0 Å². The second-order valence-electron chi connectivity index (χ2n) is 3.62. The highest BCUT2D eigenvalue weighted by Gasteiger charge is 2.26. The Hall–Kier alpha value is -0.830. The number of hydrogen-bond acceptors (Lipinski definition) is 2. The molecule has 2 rings (SSSR count). The van der Waals surface area contributed by atoms with Crippen LogP contribution in [0, 0.1) is 0 Å². The smallest absolute Gasteiger partial charge is 0.140 e. The molecule has 1 saturated carbocycles. The van der Waals surface area contributed by atoms with Crippen molar-refractivity contribution in [2.45, 2.75) is 25.2 Å². The fraction of sp³-hybridized carbons (Fsp3) is 0.364. The number of phenols is 1. The van der Waals surface area contributed by atoms with Crippen molar-refractivity contribution in [3.05, 3.63) is 28.2 Å². The van der Waals surface area contributed by atoms with Crippen molar-refractivity contribution in [3.8, 4) is 5.75 Å². The Labute approximate surface area is 91.1 Å². The Kier molecular flexibility index (Phi) is 2.59. The third kappa shape index (κ3) is 1.69. The van der Waals surface area contributed by atoms with Gasteiger partial charge in [-0.1, -0.05) is 6.07 Å². The van der Waals surface area contributed by atoms with E-state index in [2.05, 4.69) is 15.9 Å². The van der Waals surface area contributed by atoms with Crippen molar-refractivity contribution >= 4 is 21.7 Å². The maximum Gasteiger partial charge on any atom is 0.140 e. The average Bonchev–Trinajstić information content (AvgIpc) is 2.57. The largest absolute Gasteiger partial charge is 0.507 e. The van der Waals surface area contributed by atoms with Gasteiger partial charge in [0.1, 0.15) is 11.5 Å². The lowest BCUT2D eigenvalue weighted by Gasteiger charge is -2.08. The Morgan fingerprint density at radius 3 is 2.79 bits per heavy atom. The predicted molar refractivity (Wildman–Crippen MR) is 57.4 cm³/mol. The van der Waals surface area contributed by atoms with Gasteiger partial charge >= 0.3 is 0 Å². The van der Waals surface area contributed by atoms with E-state index in [1.54, 1.807) is 12.1 Å². The van der Waals surface area contributed by atoms with Gasteiger partial charge < -0.3 is 5.11 Å². The molecule has 1 atom stereocenters. The highest BCUT2D eigenvalue weighted by atomic mass is 79.9. The van der Waals surface area contributed by atoms with Crippen LogP contribution in [0.2, 0.25) is 0 Å². The van der Waals surface area contributed by atoms with Crippen LogP contribution in [0.15, 0.2) is 22.7 Å². The molecule has 0 heterocycles. The predicted octanol–water partition coefficient (Wildman–Crippen LogP) is 2.99. The number of ketones is 1. The molecule has 0 aliphatic heterocycles. The van der Waals surface area contributed by atoms with E-state index in [1.165, 1.54) is 0 Å². The van der Waals surface area contributed by atoms with E-state index in [1.807, 2.05) is 6.07 Å². The minimum absolute atomic E-state index is 0.00833. The molecule has 1 aliphatic carbocycles. The fourth-order valence-electron chi connectivity index (χ4n) is 1.91. The summed E-state index contributed by atoms with van der Waals surface area (Å²) in [5.41, 5.74) is 0.938. The van der Waals surface area contributed by atoms with E-state index >= 15 is 0 Å². The number of rotatable bonds is 1. The number of Topliss-reactive ketones (excluding diaryl/α,β-unsaturated/α-hetero) is 1. The lowest BCUT2D eigenvalue weighted by atomic mass is 9.97. The summed E-state index contributed by atoms with van der Waals surface area (Å²) in [6.45, 7) is 0. The summed E-state index contributed by atoms with van der Waals surface area (Å²) in [5.74, 6) is 0.517. The molecule has 1 fully saturated rings. The van der Waals surface area contributed by atoms with Gasteiger partial charge in [-0.25, -0.2) is 0 Å². The summed E-state index contributed by atoms with van der Waals surface area (Å²) in [4.78, 5) is 11.5. The molecule has 3 heteroatoms. The Morgan fingerprint density at radius 2 is 2.21 bits per heavy atom. The standard InChI is InChI=1S/C11H11BrO2/c12-9-5-4-7(6-11(9)14)8-2-1-3-10(8)13/h4-6,8,14H,1-3H2. The van der Waals surface area contributed by atoms with E-state index in [9.17, 15) is 9.90 Å². The molecule has 1 aliphatic rings. The number of hydrogen-bond donors (Lipinski definition) is 1. The summed E-state index contributed by atoms with van der Waals surface area (Å²) in [7, 11) is 0. The molecule has 2 nitrogen and oxygen atoms in total. The molecule has 1 N–H and O–H groups in total. The lowest BCUT2D eigenvalue weighted by molar-refractivity contribution is -0.118. The first-order valence-electron chi connectivity index (χ1n) is 4.69. The van der Waals surface area contributed by atoms with Crippen LogP contribution in [0.25, 0.3) is 0 Å². The van der Waals surface area contributed by atoms with Crippen LogP contribution in [0.3, 0.4) is 0 Å². The first kappa shape index (κ1) is 9.71. The number of aromatic hydroxyl groups is 1. The van der Waals surface area contributed by atoms with Crippen LogP contribution in [-0.4, -0.2) is 10.9 Å². The number of carbonyl (C=O) groups excluding carboxylic acids is 1. The minimum Gasteiger partial charge on any atom is -0.507 e. The third-order valence-electron chi connectivity index (χ3n) is 2.68.